The molecular formula is C18H27N3. The van der Waals surface area contributed by atoms with E-state index in [2.05, 4.69) is 68.0 Å². The number of hydrogen-bond acceptors (Lipinski definition) is 2. The van der Waals surface area contributed by atoms with Crippen LogP contribution in [-0.2, 0) is 13.0 Å². The van der Waals surface area contributed by atoms with Gasteiger partial charge in [0.25, 0.3) is 0 Å². The molecule has 1 N–H and O–H groups in total. The third-order valence-corrected chi connectivity index (χ3v) is 4.06. The SMILES string of the molecule is CCNC(C)c1c(C)nn(CCCc2ccccc2)c1C. The highest BCUT2D eigenvalue weighted by Crippen LogP contribution is 2.21. The standard InChI is InChI=1S/C18H27N3/c1-5-19-14(2)18-15(3)20-21(16(18)4)13-9-12-17-10-7-6-8-11-17/h6-8,10-11,14,19H,5,9,12-13H2,1-4H3. The van der Waals surface area contributed by atoms with Gasteiger partial charge in [0.05, 0.1) is 5.69 Å². The summed E-state index contributed by atoms with van der Waals surface area (Å²) >= 11 is 0. The Morgan fingerprint density at radius 3 is 2.57 bits per heavy atom. The van der Waals surface area contributed by atoms with Gasteiger partial charge in [0, 0.05) is 23.8 Å². The van der Waals surface area contributed by atoms with Gasteiger partial charge in [-0.3, -0.25) is 4.68 Å². The van der Waals surface area contributed by atoms with Crippen LogP contribution in [0.5, 0.6) is 0 Å². The molecule has 21 heavy (non-hydrogen) atoms. The molecule has 0 aliphatic heterocycles. The normalized spacial score (nSPS) is 12.6. The summed E-state index contributed by atoms with van der Waals surface area (Å²) in [4.78, 5) is 0. The van der Waals surface area contributed by atoms with Gasteiger partial charge >= 0.3 is 0 Å². The highest BCUT2D eigenvalue weighted by Gasteiger charge is 2.16. The Balaban J connectivity index is 1.99. The second-order valence-corrected chi connectivity index (χ2v) is 5.68. The lowest BCUT2D eigenvalue weighted by Gasteiger charge is -2.13. The van der Waals surface area contributed by atoms with E-state index < -0.39 is 0 Å². The van der Waals surface area contributed by atoms with Crippen molar-refractivity contribution in [2.24, 2.45) is 0 Å². The zero-order valence-electron chi connectivity index (χ0n) is 13.7. The maximum atomic E-state index is 4.72. The van der Waals surface area contributed by atoms with Gasteiger partial charge in [0.2, 0.25) is 0 Å². The Bertz CT molecular complexity index is 557. The van der Waals surface area contributed by atoms with E-state index in [1.54, 1.807) is 0 Å². The van der Waals surface area contributed by atoms with Gasteiger partial charge in [-0.15, -0.1) is 0 Å². The summed E-state index contributed by atoms with van der Waals surface area (Å²) in [5.74, 6) is 0. The lowest BCUT2D eigenvalue weighted by atomic mass is 10.1. The van der Waals surface area contributed by atoms with Crippen molar-refractivity contribution in [3.05, 3.63) is 52.8 Å². The maximum Gasteiger partial charge on any atom is 0.0644 e. The van der Waals surface area contributed by atoms with E-state index in [0.717, 1.165) is 31.6 Å². The van der Waals surface area contributed by atoms with E-state index in [1.165, 1.54) is 16.8 Å². The van der Waals surface area contributed by atoms with Gasteiger partial charge < -0.3 is 5.32 Å². The van der Waals surface area contributed by atoms with Crippen LogP contribution in [0.2, 0.25) is 0 Å². The minimum atomic E-state index is 0.373. The lowest BCUT2D eigenvalue weighted by Crippen LogP contribution is -2.19. The Hall–Kier alpha value is -1.61. The zero-order valence-corrected chi connectivity index (χ0v) is 13.7. The quantitative estimate of drug-likeness (QED) is 0.838. The molecule has 1 atom stereocenters. The third kappa shape index (κ3) is 3.94. The van der Waals surface area contributed by atoms with Gasteiger partial charge in [-0.1, -0.05) is 37.3 Å². The van der Waals surface area contributed by atoms with Crippen molar-refractivity contribution in [3.8, 4) is 0 Å². The van der Waals surface area contributed by atoms with Crippen molar-refractivity contribution >= 4 is 0 Å². The van der Waals surface area contributed by atoms with Crippen molar-refractivity contribution < 1.29 is 0 Å². The minimum Gasteiger partial charge on any atom is -0.310 e. The van der Waals surface area contributed by atoms with E-state index in [4.69, 9.17) is 5.10 Å². The molecule has 0 fully saturated rings. The number of hydrogen-bond donors (Lipinski definition) is 1. The minimum absolute atomic E-state index is 0.373. The summed E-state index contributed by atoms with van der Waals surface area (Å²) in [5, 5.41) is 8.21. The highest BCUT2D eigenvalue weighted by atomic mass is 15.3. The predicted molar refractivity (Wildman–Crippen MR) is 88.6 cm³/mol. The molecule has 0 spiro atoms. The Kier molecular flexibility index (Phi) is 5.57. The van der Waals surface area contributed by atoms with Crippen LogP contribution in [0.1, 0.15) is 48.8 Å². The highest BCUT2D eigenvalue weighted by molar-refractivity contribution is 5.27. The first-order valence-corrected chi connectivity index (χ1v) is 7.94. The smallest absolute Gasteiger partial charge is 0.0644 e. The van der Waals surface area contributed by atoms with Crippen molar-refractivity contribution in [3.63, 3.8) is 0 Å². The zero-order chi connectivity index (χ0) is 15.2. The van der Waals surface area contributed by atoms with Gasteiger partial charge in [0.1, 0.15) is 0 Å². The number of nitrogens with one attached hydrogen (secondary N) is 1. The first-order chi connectivity index (χ1) is 10.1. The van der Waals surface area contributed by atoms with Crippen molar-refractivity contribution in [1.82, 2.24) is 15.1 Å². The number of aromatic nitrogens is 2. The molecule has 1 aromatic carbocycles. The second-order valence-electron chi connectivity index (χ2n) is 5.68. The molecular weight excluding hydrogens is 258 g/mol. The summed E-state index contributed by atoms with van der Waals surface area (Å²) < 4.78 is 2.17. The van der Waals surface area contributed by atoms with Crippen molar-refractivity contribution in [1.29, 1.82) is 0 Å². The number of nitrogens with zero attached hydrogens (tertiary/aromatic N) is 2. The number of aryl methyl sites for hydroxylation is 3. The van der Waals surface area contributed by atoms with Crippen molar-refractivity contribution in [2.75, 3.05) is 6.54 Å². The molecule has 0 radical (unpaired) electrons. The van der Waals surface area contributed by atoms with Crippen LogP contribution in [0.3, 0.4) is 0 Å². The average molecular weight is 285 g/mol. The Labute approximate surface area is 128 Å². The molecule has 3 heteroatoms. The molecule has 0 saturated carbocycles. The number of benzene rings is 1. The predicted octanol–water partition coefficient (Wildman–Crippen LogP) is 3.80. The van der Waals surface area contributed by atoms with E-state index in [1.807, 2.05) is 0 Å². The third-order valence-electron chi connectivity index (χ3n) is 4.06. The first-order valence-electron chi connectivity index (χ1n) is 7.94. The summed E-state index contributed by atoms with van der Waals surface area (Å²) in [6.07, 6.45) is 2.23. The van der Waals surface area contributed by atoms with Gasteiger partial charge in [-0.05, 0) is 45.7 Å². The van der Waals surface area contributed by atoms with Crippen LogP contribution in [0.25, 0.3) is 0 Å². The topological polar surface area (TPSA) is 29.9 Å². The molecule has 0 aliphatic rings. The Morgan fingerprint density at radius 1 is 1.19 bits per heavy atom. The van der Waals surface area contributed by atoms with Gasteiger partial charge in [-0.25, -0.2) is 0 Å². The van der Waals surface area contributed by atoms with Crippen LogP contribution >= 0.6 is 0 Å². The largest absolute Gasteiger partial charge is 0.310 e. The summed E-state index contributed by atoms with van der Waals surface area (Å²) in [5.41, 5.74) is 5.21. The molecule has 3 nitrogen and oxygen atoms in total. The Morgan fingerprint density at radius 2 is 1.90 bits per heavy atom. The molecule has 0 aliphatic carbocycles. The van der Waals surface area contributed by atoms with Crippen LogP contribution in [0.4, 0.5) is 0 Å². The molecule has 2 aromatic rings. The second kappa shape index (κ2) is 7.41. The molecule has 1 unspecified atom stereocenters. The summed E-state index contributed by atoms with van der Waals surface area (Å²) in [7, 11) is 0. The fourth-order valence-corrected chi connectivity index (χ4v) is 3.04. The lowest BCUT2D eigenvalue weighted by molar-refractivity contribution is 0.555. The van der Waals surface area contributed by atoms with E-state index in [-0.39, 0.29) is 0 Å². The van der Waals surface area contributed by atoms with Gasteiger partial charge in [0.15, 0.2) is 0 Å². The molecule has 0 saturated heterocycles. The van der Waals surface area contributed by atoms with Crippen molar-refractivity contribution in [2.45, 2.75) is 53.1 Å². The maximum absolute atomic E-state index is 4.72. The first kappa shape index (κ1) is 15.8. The van der Waals surface area contributed by atoms with E-state index >= 15 is 0 Å². The van der Waals surface area contributed by atoms with Crippen LogP contribution in [-0.4, -0.2) is 16.3 Å². The average Bonchev–Trinajstić information content (AvgIpc) is 2.75. The fourth-order valence-electron chi connectivity index (χ4n) is 3.04. The molecule has 2 rings (SSSR count). The fraction of sp³-hybridized carbons (Fsp3) is 0.500. The summed E-state index contributed by atoms with van der Waals surface area (Å²) in [6, 6.07) is 11.0. The molecule has 1 heterocycles. The molecule has 0 bridgehead atoms. The van der Waals surface area contributed by atoms with Crippen LogP contribution in [0, 0.1) is 13.8 Å². The number of rotatable bonds is 7. The molecule has 1 aromatic heterocycles. The monoisotopic (exact) mass is 285 g/mol. The molecule has 114 valence electrons. The van der Waals surface area contributed by atoms with Crippen LogP contribution < -0.4 is 5.32 Å². The van der Waals surface area contributed by atoms with Gasteiger partial charge in [-0.2, -0.15) is 5.10 Å². The van der Waals surface area contributed by atoms with E-state index in [9.17, 15) is 0 Å². The molecule has 0 amide bonds. The summed E-state index contributed by atoms with van der Waals surface area (Å²) in [6.45, 7) is 10.6. The van der Waals surface area contributed by atoms with E-state index in [0.29, 0.717) is 6.04 Å². The van der Waals surface area contributed by atoms with Crippen LogP contribution in [0.15, 0.2) is 30.3 Å².